The summed E-state index contributed by atoms with van der Waals surface area (Å²) in [4.78, 5) is 33.4. The summed E-state index contributed by atoms with van der Waals surface area (Å²) < 4.78 is 6.84. The summed E-state index contributed by atoms with van der Waals surface area (Å²) in [6.45, 7) is 7.75. The number of hydrogen-bond acceptors (Lipinski definition) is 5. The number of hydrogen-bond donors (Lipinski definition) is 0. The lowest BCUT2D eigenvalue weighted by Gasteiger charge is -2.34. The lowest BCUT2D eigenvalue weighted by Crippen LogP contribution is -2.50. The number of fused-ring (bicyclic) bond motifs is 1. The zero-order valence-corrected chi connectivity index (χ0v) is 17.5. The minimum Gasteiger partial charge on any atom is -0.450 e. The van der Waals surface area contributed by atoms with E-state index in [4.69, 9.17) is 4.74 Å². The minimum atomic E-state index is -0.327. The highest BCUT2D eigenvalue weighted by atomic mass is 16.6. The number of carbonyl (C=O) groups excluding carboxylic acids is 2. The summed E-state index contributed by atoms with van der Waals surface area (Å²) in [5.74, 6) is -0.0651. The lowest BCUT2D eigenvalue weighted by atomic mass is 10.1. The maximum Gasteiger partial charge on any atom is 0.409 e. The smallest absolute Gasteiger partial charge is 0.409 e. The summed E-state index contributed by atoms with van der Waals surface area (Å²) >= 11 is 0. The molecule has 2 aromatic heterocycles. The van der Waals surface area contributed by atoms with Crippen molar-refractivity contribution < 1.29 is 14.3 Å². The van der Waals surface area contributed by atoms with Crippen LogP contribution in [0.25, 0.3) is 16.7 Å². The molecule has 4 rings (SSSR count). The van der Waals surface area contributed by atoms with Crippen molar-refractivity contribution in [1.29, 1.82) is 0 Å². The van der Waals surface area contributed by atoms with Gasteiger partial charge in [-0.15, -0.1) is 0 Å². The van der Waals surface area contributed by atoms with Crippen molar-refractivity contribution in [3.05, 3.63) is 53.3 Å². The van der Waals surface area contributed by atoms with E-state index < -0.39 is 0 Å². The number of rotatable bonds is 3. The molecule has 0 aliphatic carbocycles. The average Bonchev–Trinajstić information content (AvgIpc) is 3.09. The van der Waals surface area contributed by atoms with E-state index >= 15 is 0 Å². The molecule has 1 aliphatic heterocycles. The van der Waals surface area contributed by atoms with Gasteiger partial charge >= 0.3 is 6.09 Å². The van der Waals surface area contributed by atoms with E-state index in [0.29, 0.717) is 44.0 Å². The Morgan fingerprint density at radius 3 is 2.37 bits per heavy atom. The fourth-order valence-corrected chi connectivity index (χ4v) is 3.81. The van der Waals surface area contributed by atoms with E-state index in [1.165, 1.54) is 0 Å². The molecule has 0 atom stereocenters. The Morgan fingerprint density at radius 1 is 1.03 bits per heavy atom. The van der Waals surface area contributed by atoms with Gasteiger partial charge < -0.3 is 14.5 Å². The van der Waals surface area contributed by atoms with E-state index in [9.17, 15) is 9.59 Å². The van der Waals surface area contributed by atoms with Crippen LogP contribution in [0.15, 0.2) is 36.4 Å². The first kappa shape index (κ1) is 19.9. The maximum atomic E-state index is 13.4. The Morgan fingerprint density at radius 2 is 1.70 bits per heavy atom. The number of aromatic nitrogens is 3. The molecule has 156 valence electrons. The van der Waals surface area contributed by atoms with E-state index in [1.54, 1.807) is 21.4 Å². The van der Waals surface area contributed by atoms with Gasteiger partial charge in [0.2, 0.25) is 0 Å². The van der Waals surface area contributed by atoms with Gasteiger partial charge in [-0.05, 0) is 39.0 Å². The molecular formula is C22H25N5O3. The summed E-state index contributed by atoms with van der Waals surface area (Å²) in [5, 5.41) is 5.43. The molecule has 0 radical (unpaired) electrons. The summed E-state index contributed by atoms with van der Waals surface area (Å²) in [7, 11) is 0. The highest BCUT2D eigenvalue weighted by molar-refractivity contribution is 6.06. The number of nitrogens with zero attached hydrogens (tertiary/aromatic N) is 5. The zero-order valence-electron chi connectivity index (χ0n) is 17.5. The summed E-state index contributed by atoms with van der Waals surface area (Å²) in [6, 6.07) is 11.6. The van der Waals surface area contributed by atoms with Crippen LogP contribution in [0.2, 0.25) is 0 Å². The van der Waals surface area contributed by atoms with Crippen LogP contribution in [0.4, 0.5) is 4.79 Å². The largest absolute Gasteiger partial charge is 0.450 e. The molecule has 1 aliphatic rings. The average molecular weight is 407 g/mol. The van der Waals surface area contributed by atoms with Gasteiger partial charge in [0.25, 0.3) is 5.91 Å². The predicted molar refractivity (Wildman–Crippen MR) is 113 cm³/mol. The van der Waals surface area contributed by atoms with Gasteiger partial charge in [-0.2, -0.15) is 5.10 Å². The molecule has 0 spiro atoms. The molecule has 3 aromatic rings. The van der Waals surface area contributed by atoms with Crippen molar-refractivity contribution >= 4 is 23.0 Å². The van der Waals surface area contributed by atoms with Crippen molar-refractivity contribution in [1.82, 2.24) is 24.6 Å². The fraction of sp³-hybridized carbons (Fsp3) is 0.364. The predicted octanol–water partition coefficient (Wildman–Crippen LogP) is 2.95. The van der Waals surface area contributed by atoms with Crippen molar-refractivity contribution in [3.63, 3.8) is 0 Å². The molecule has 0 N–H and O–H groups in total. The third-order valence-corrected chi connectivity index (χ3v) is 5.26. The Bertz CT molecular complexity index is 1090. The molecule has 3 heterocycles. The van der Waals surface area contributed by atoms with Gasteiger partial charge in [0.15, 0.2) is 5.65 Å². The first-order valence-electron chi connectivity index (χ1n) is 10.1. The second-order valence-corrected chi connectivity index (χ2v) is 7.32. The van der Waals surface area contributed by atoms with Crippen LogP contribution in [0.5, 0.6) is 0 Å². The highest BCUT2D eigenvalue weighted by Crippen LogP contribution is 2.26. The molecule has 1 fully saturated rings. The third kappa shape index (κ3) is 3.60. The molecule has 0 unspecified atom stereocenters. The molecule has 8 heteroatoms. The third-order valence-electron chi connectivity index (χ3n) is 5.26. The van der Waals surface area contributed by atoms with Gasteiger partial charge in [0.05, 0.1) is 28.9 Å². The minimum absolute atomic E-state index is 0.0651. The fourth-order valence-electron chi connectivity index (χ4n) is 3.81. The monoisotopic (exact) mass is 407 g/mol. The topological polar surface area (TPSA) is 80.6 Å². The van der Waals surface area contributed by atoms with E-state index in [1.807, 2.05) is 50.2 Å². The van der Waals surface area contributed by atoms with Crippen molar-refractivity contribution in [3.8, 4) is 5.69 Å². The zero-order chi connectivity index (χ0) is 21.3. The summed E-state index contributed by atoms with van der Waals surface area (Å²) in [5.41, 5.74) is 3.69. The number of aryl methyl sites for hydroxylation is 2. The SMILES string of the molecule is CCOC(=O)N1CCN(C(=O)c2cc(C)nc3c2c(C)nn3-c2ccccc2)CC1. The number of pyridine rings is 1. The molecule has 1 saturated heterocycles. The van der Waals surface area contributed by atoms with Crippen LogP contribution in [0, 0.1) is 13.8 Å². The van der Waals surface area contributed by atoms with Crippen LogP contribution in [0.1, 0.15) is 28.7 Å². The maximum absolute atomic E-state index is 13.4. The van der Waals surface area contributed by atoms with Crippen molar-refractivity contribution in [2.24, 2.45) is 0 Å². The Kier molecular flexibility index (Phi) is 5.39. The summed E-state index contributed by atoms with van der Waals surface area (Å²) in [6.07, 6.45) is -0.327. The number of para-hydroxylation sites is 1. The first-order chi connectivity index (χ1) is 14.5. The van der Waals surface area contributed by atoms with Gasteiger partial charge in [-0.1, -0.05) is 18.2 Å². The van der Waals surface area contributed by atoms with Gasteiger partial charge in [-0.3, -0.25) is 4.79 Å². The molecule has 8 nitrogen and oxygen atoms in total. The van der Waals surface area contributed by atoms with Gasteiger partial charge in [-0.25, -0.2) is 14.5 Å². The number of amides is 2. The number of ether oxygens (including phenoxy) is 1. The Balaban J connectivity index is 1.66. The van der Waals surface area contributed by atoms with E-state index in [2.05, 4.69) is 10.1 Å². The molecule has 2 amide bonds. The van der Waals surface area contributed by atoms with Crippen LogP contribution in [0.3, 0.4) is 0 Å². The van der Waals surface area contributed by atoms with Crippen LogP contribution in [-0.4, -0.2) is 69.4 Å². The lowest BCUT2D eigenvalue weighted by molar-refractivity contribution is 0.0572. The first-order valence-corrected chi connectivity index (χ1v) is 10.1. The normalized spacial score (nSPS) is 14.2. The second kappa shape index (κ2) is 8.14. The van der Waals surface area contributed by atoms with Crippen LogP contribution in [-0.2, 0) is 4.74 Å². The molecule has 30 heavy (non-hydrogen) atoms. The van der Waals surface area contributed by atoms with Crippen LogP contribution < -0.4 is 0 Å². The number of piperazine rings is 1. The highest BCUT2D eigenvalue weighted by Gasteiger charge is 2.28. The van der Waals surface area contributed by atoms with E-state index in [-0.39, 0.29) is 12.0 Å². The van der Waals surface area contributed by atoms with Crippen molar-refractivity contribution in [2.75, 3.05) is 32.8 Å². The molecule has 1 aromatic carbocycles. The molecule has 0 bridgehead atoms. The molecule has 0 saturated carbocycles. The van der Waals surface area contributed by atoms with Crippen LogP contribution >= 0.6 is 0 Å². The van der Waals surface area contributed by atoms with Gasteiger partial charge in [0, 0.05) is 31.9 Å². The number of carbonyl (C=O) groups is 2. The Labute approximate surface area is 175 Å². The number of benzene rings is 1. The molecular weight excluding hydrogens is 382 g/mol. The van der Waals surface area contributed by atoms with Gasteiger partial charge in [0.1, 0.15) is 0 Å². The van der Waals surface area contributed by atoms with Crippen molar-refractivity contribution in [2.45, 2.75) is 20.8 Å². The standard InChI is InChI=1S/C22H25N5O3/c1-4-30-22(29)26-12-10-25(11-13-26)21(28)18-14-15(2)23-20-19(18)16(3)24-27(20)17-8-6-5-7-9-17/h5-9,14H,4,10-13H2,1-3H3. The Hall–Kier alpha value is -3.42. The van der Waals surface area contributed by atoms with E-state index in [0.717, 1.165) is 22.5 Å². The second-order valence-electron chi connectivity index (χ2n) is 7.32. The quantitative estimate of drug-likeness (QED) is 0.667.